The molecular weight excluding hydrogens is 252 g/mol. The Balaban J connectivity index is 0.00000144. The van der Waals surface area contributed by atoms with Gasteiger partial charge in [0.1, 0.15) is 13.2 Å². The summed E-state index contributed by atoms with van der Waals surface area (Å²) in [4.78, 5) is 0. The first-order valence-corrected chi connectivity index (χ1v) is 5.10. The minimum absolute atomic E-state index is 0. The summed E-state index contributed by atoms with van der Waals surface area (Å²) in [7, 11) is 0. The van der Waals surface area contributed by atoms with Crippen molar-refractivity contribution in [2.24, 2.45) is 5.73 Å². The van der Waals surface area contributed by atoms with E-state index in [1.54, 1.807) is 18.2 Å². The van der Waals surface area contributed by atoms with Crippen LogP contribution in [-0.2, 0) is 0 Å². The van der Waals surface area contributed by atoms with E-state index in [1.807, 2.05) is 0 Å². The summed E-state index contributed by atoms with van der Waals surface area (Å²) in [5, 5.41) is 0. The molecule has 1 aliphatic heterocycles. The average Bonchev–Trinajstić information content (AvgIpc) is 2.27. The normalized spacial score (nSPS) is 15.3. The third-order valence-corrected chi connectivity index (χ3v) is 2.43. The fourth-order valence-electron chi connectivity index (χ4n) is 1.62. The van der Waals surface area contributed by atoms with Crippen LogP contribution >= 0.6 is 12.4 Å². The number of halogens is 3. The fourth-order valence-corrected chi connectivity index (χ4v) is 1.62. The summed E-state index contributed by atoms with van der Waals surface area (Å²) in [6.07, 6.45) is -2.75. The van der Waals surface area contributed by atoms with Crippen molar-refractivity contribution < 1.29 is 18.3 Å². The Morgan fingerprint density at radius 3 is 2.47 bits per heavy atom. The van der Waals surface area contributed by atoms with Crippen LogP contribution in [-0.4, -0.2) is 19.6 Å². The van der Waals surface area contributed by atoms with Crippen molar-refractivity contribution in [1.29, 1.82) is 0 Å². The Morgan fingerprint density at radius 2 is 1.82 bits per heavy atom. The number of hydrogen-bond donors (Lipinski definition) is 1. The molecule has 0 radical (unpaired) electrons. The van der Waals surface area contributed by atoms with Gasteiger partial charge in [0.2, 0.25) is 6.43 Å². The molecular formula is C11H14ClF2NO2. The summed E-state index contributed by atoms with van der Waals surface area (Å²) in [6, 6.07) is 4.40. The molecule has 0 spiro atoms. The number of fused-ring (bicyclic) bond motifs is 1. The van der Waals surface area contributed by atoms with Crippen LogP contribution in [0.5, 0.6) is 11.5 Å². The largest absolute Gasteiger partial charge is 0.486 e. The molecule has 0 saturated carbocycles. The first-order chi connectivity index (χ1) is 7.66. The number of benzene rings is 1. The van der Waals surface area contributed by atoms with Crippen LogP contribution in [0.15, 0.2) is 18.2 Å². The quantitative estimate of drug-likeness (QED) is 0.913. The van der Waals surface area contributed by atoms with Crippen LogP contribution in [0.4, 0.5) is 8.78 Å². The molecule has 96 valence electrons. The van der Waals surface area contributed by atoms with E-state index in [-0.39, 0.29) is 18.8 Å². The average molecular weight is 266 g/mol. The van der Waals surface area contributed by atoms with Crippen molar-refractivity contribution in [3.05, 3.63) is 23.8 Å². The molecule has 0 unspecified atom stereocenters. The van der Waals surface area contributed by atoms with Gasteiger partial charge in [0.05, 0.1) is 0 Å². The van der Waals surface area contributed by atoms with Gasteiger partial charge in [-0.05, 0) is 17.7 Å². The first-order valence-electron chi connectivity index (χ1n) is 5.10. The zero-order valence-electron chi connectivity index (χ0n) is 9.07. The molecule has 3 nitrogen and oxygen atoms in total. The van der Waals surface area contributed by atoms with Crippen molar-refractivity contribution in [2.75, 3.05) is 13.2 Å². The van der Waals surface area contributed by atoms with E-state index >= 15 is 0 Å². The van der Waals surface area contributed by atoms with Crippen LogP contribution in [0, 0.1) is 0 Å². The molecule has 17 heavy (non-hydrogen) atoms. The second-order valence-electron chi connectivity index (χ2n) is 3.64. The lowest BCUT2D eigenvalue weighted by atomic mass is 10.0. The Kier molecular flexibility index (Phi) is 4.96. The van der Waals surface area contributed by atoms with E-state index in [2.05, 4.69) is 0 Å². The minimum atomic E-state index is -2.40. The highest BCUT2D eigenvalue weighted by molar-refractivity contribution is 5.85. The Bertz CT molecular complexity index is 376. The van der Waals surface area contributed by atoms with Crippen LogP contribution in [0.25, 0.3) is 0 Å². The zero-order chi connectivity index (χ0) is 11.5. The highest BCUT2D eigenvalue weighted by atomic mass is 35.5. The maximum absolute atomic E-state index is 12.2. The SMILES string of the molecule is Cl.N[C@H](CC(F)F)c1ccc2c(c1)OCCO2. The van der Waals surface area contributed by atoms with E-state index in [0.29, 0.717) is 30.3 Å². The summed E-state index contributed by atoms with van der Waals surface area (Å²) in [5.74, 6) is 1.22. The molecule has 0 saturated heterocycles. The fraction of sp³-hybridized carbons (Fsp3) is 0.455. The Morgan fingerprint density at radius 1 is 1.18 bits per heavy atom. The predicted molar refractivity (Wildman–Crippen MR) is 62.2 cm³/mol. The molecule has 1 atom stereocenters. The number of hydrogen-bond acceptors (Lipinski definition) is 3. The lowest BCUT2D eigenvalue weighted by Crippen LogP contribution is -2.17. The van der Waals surface area contributed by atoms with E-state index in [1.165, 1.54) is 0 Å². The van der Waals surface area contributed by atoms with Gasteiger partial charge >= 0.3 is 0 Å². The monoisotopic (exact) mass is 265 g/mol. The van der Waals surface area contributed by atoms with Crippen molar-refractivity contribution in [3.8, 4) is 11.5 Å². The molecule has 0 aromatic heterocycles. The van der Waals surface area contributed by atoms with Crippen molar-refractivity contribution >= 4 is 12.4 Å². The summed E-state index contributed by atoms with van der Waals surface area (Å²) < 4.78 is 35.0. The van der Waals surface area contributed by atoms with Gasteiger partial charge < -0.3 is 15.2 Å². The van der Waals surface area contributed by atoms with Crippen LogP contribution in [0.1, 0.15) is 18.0 Å². The number of ether oxygens (including phenoxy) is 2. The summed E-state index contributed by atoms with van der Waals surface area (Å²) in [6.45, 7) is 0.982. The second kappa shape index (κ2) is 6.02. The Hall–Kier alpha value is -1.07. The number of nitrogens with two attached hydrogens (primary N) is 1. The lowest BCUT2D eigenvalue weighted by Gasteiger charge is -2.20. The van der Waals surface area contributed by atoms with Crippen LogP contribution < -0.4 is 15.2 Å². The lowest BCUT2D eigenvalue weighted by molar-refractivity contribution is 0.128. The van der Waals surface area contributed by atoms with Gasteiger partial charge in [-0.1, -0.05) is 6.07 Å². The smallest absolute Gasteiger partial charge is 0.240 e. The summed E-state index contributed by atoms with van der Waals surface area (Å²) >= 11 is 0. The predicted octanol–water partition coefficient (Wildman–Crippen LogP) is 2.53. The highest BCUT2D eigenvalue weighted by Crippen LogP contribution is 2.33. The van der Waals surface area contributed by atoms with Gasteiger partial charge in [0.25, 0.3) is 0 Å². The standard InChI is InChI=1S/C11H13F2NO2.ClH/c12-11(13)6-8(14)7-1-2-9-10(5-7)16-4-3-15-9;/h1-2,5,8,11H,3-4,6,14H2;1H/t8-;/m1./s1. The molecule has 0 aliphatic carbocycles. The van der Waals surface area contributed by atoms with E-state index < -0.39 is 12.5 Å². The third kappa shape index (κ3) is 3.44. The van der Waals surface area contributed by atoms with Gasteiger partial charge in [0, 0.05) is 12.5 Å². The van der Waals surface area contributed by atoms with Crippen LogP contribution in [0.2, 0.25) is 0 Å². The molecule has 6 heteroatoms. The summed E-state index contributed by atoms with van der Waals surface area (Å²) in [5.41, 5.74) is 6.30. The number of rotatable bonds is 3. The third-order valence-electron chi connectivity index (χ3n) is 2.43. The zero-order valence-corrected chi connectivity index (χ0v) is 9.88. The number of alkyl halides is 2. The molecule has 0 bridgehead atoms. The molecule has 1 aromatic rings. The molecule has 2 rings (SSSR count). The van der Waals surface area contributed by atoms with Gasteiger partial charge in [-0.2, -0.15) is 0 Å². The van der Waals surface area contributed by atoms with Crippen molar-refractivity contribution in [1.82, 2.24) is 0 Å². The molecule has 1 aliphatic rings. The molecule has 2 N–H and O–H groups in total. The molecule has 0 fully saturated rings. The van der Waals surface area contributed by atoms with E-state index in [9.17, 15) is 8.78 Å². The molecule has 1 aromatic carbocycles. The van der Waals surface area contributed by atoms with Gasteiger partial charge in [-0.3, -0.25) is 0 Å². The second-order valence-corrected chi connectivity index (χ2v) is 3.64. The van der Waals surface area contributed by atoms with E-state index in [4.69, 9.17) is 15.2 Å². The topological polar surface area (TPSA) is 44.5 Å². The highest BCUT2D eigenvalue weighted by Gasteiger charge is 2.17. The van der Waals surface area contributed by atoms with Gasteiger partial charge in [-0.25, -0.2) is 8.78 Å². The Labute approximate surface area is 104 Å². The molecule has 0 amide bonds. The van der Waals surface area contributed by atoms with Gasteiger partial charge in [-0.15, -0.1) is 12.4 Å². The van der Waals surface area contributed by atoms with Gasteiger partial charge in [0.15, 0.2) is 11.5 Å². The van der Waals surface area contributed by atoms with Crippen LogP contribution in [0.3, 0.4) is 0 Å². The molecule has 1 heterocycles. The van der Waals surface area contributed by atoms with E-state index in [0.717, 1.165) is 0 Å². The maximum atomic E-state index is 12.2. The van der Waals surface area contributed by atoms with Crippen molar-refractivity contribution in [2.45, 2.75) is 18.9 Å². The van der Waals surface area contributed by atoms with Crippen molar-refractivity contribution in [3.63, 3.8) is 0 Å². The minimum Gasteiger partial charge on any atom is -0.486 e. The first kappa shape index (κ1) is 14.0. The maximum Gasteiger partial charge on any atom is 0.240 e.